The fourth-order valence-electron chi connectivity index (χ4n) is 2.92. The van der Waals surface area contributed by atoms with Crippen molar-refractivity contribution in [1.82, 2.24) is 0 Å². The van der Waals surface area contributed by atoms with E-state index in [1.54, 1.807) is 0 Å². The Morgan fingerprint density at radius 2 is 1.23 bits per heavy atom. The molecule has 4 nitrogen and oxygen atoms in total. The minimum Gasteiger partial charge on any atom is -0.465 e. The van der Waals surface area contributed by atoms with Crippen molar-refractivity contribution in [2.24, 2.45) is 0 Å². The van der Waals surface area contributed by atoms with E-state index in [4.69, 9.17) is 18.9 Å². The summed E-state index contributed by atoms with van der Waals surface area (Å²) in [6.07, 6.45) is 3.98. The number of hydrogen-bond donors (Lipinski definition) is 0. The van der Waals surface area contributed by atoms with Crippen molar-refractivity contribution in [3.8, 4) is 11.5 Å². The van der Waals surface area contributed by atoms with Crippen molar-refractivity contribution in [2.75, 3.05) is 13.2 Å². The SMILES string of the molecule is CCOC(C)Oc1ccc(OC(C)OCC)c2c1CCCC2. The fraction of sp³-hybridized carbons (Fsp3) is 0.667. The van der Waals surface area contributed by atoms with Gasteiger partial charge < -0.3 is 18.9 Å². The first-order valence-corrected chi connectivity index (χ1v) is 8.37. The molecule has 0 aliphatic heterocycles. The highest BCUT2D eigenvalue weighted by molar-refractivity contribution is 5.50. The van der Waals surface area contributed by atoms with Gasteiger partial charge >= 0.3 is 0 Å². The van der Waals surface area contributed by atoms with E-state index in [1.165, 1.54) is 24.0 Å². The van der Waals surface area contributed by atoms with Gasteiger partial charge in [0, 0.05) is 24.3 Å². The van der Waals surface area contributed by atoms with Gasteiger partial charge in [-0.25, -0.2) is 0 Å². The highest BCUT2D eigenvalue weighted by Crippen LogP contribution is 2.37. The van der Waals surface area contributed by atoms with Crippen LogP contribution >= 0.6 is 0 Å². The van der Waals surface area contributed by atoms with E-state index in [9.17, 15) is 0 Å². The van der Waals surface area contributed by atoms with E-state index in [0.29, 0.717) is 13.2 Å². The Balaban J connectivity index is 2.20. The topological polar surface area (TPSA) is 36.9 Å². The molecule has 0 fully saturated rings. The third-order valence-electron chi connectivity index (χ3n) is 3.84. The van der Waals surface area contributed by atoms with Crippen LogP contribution in [-0.2, 0) is 22.3 Å². The molecule has 0 saturated heterocycles. The molecule has 1 aliphatic carbocycles. The Kier molecular flexibility index (Phi) is 6.52. The van der Waals surface area contributed by atoms with Crippen molar-refractivity contribution in [3.63, 3.8) is 0 Å². The lowest BCUT2D eigenvalue weighted by molar-refractivity contribution is -0.0644. The summed E-state index contributed by atoms with van der Waals surface area (Å²) in [4.78, 5) is 0. The van der Waals surface area contributed by atoms with Gasteiger partial charge in [-0.2, -0.15) is 0 Å². The predicted molar refractivity (Wildman–Crippen MR) is 86.5 cm³/mol. The molecule has 0 heterocycles. The van der Waals surface area contributed by atoms with Gasteiger partial charge in [0.05, 0.1) is 0 Å². The zero-order chi connectivity index (χ0) is 15.9. The van der Waals surface area contributed by atoms with Crippen LogP contribution in [0.4, 0.5) is 0 Å². The first-order chi connectivity index (χ1) is 10.7. The van der Waals surface area contributed by atoms with Crippen LogP contribution in [0.2, 0.25) is 0 Å². The Morgan fingerprint density at radius 1 is 0.818 bits per heavy atom. The van der Waals surface area contributed by atoms with E-state index in [0.717, 1.165) is 24.3 Å². The van der Waals surface area contributed by atoms with Crippen molar-refractivity contribution in [1.29, 1.82) is 0 Å². The second-order valence-electron chi connectivity index (χ2n) is 5.51. The molecule has 124 valence electrons. The fourth-order valence-corrected chi connectivity index (χ4v) is 2.92. The standard InChI is InChI=1S/C18H28O4/c1-5-19-13(3)21-17-11-12-18(22-14(4)20-6-2)16-10-8-7-9-15(16)17/h11-14H,5-10H2,1-4H3. The summed E-state index contributed by atoms with van der Waals surface area (Å²) in [5.74, 6) is 1.85. The zero-order valence-corrected chi connectivity index (χ0v) is 14.2. The summed E-state index contributed by atoms with van der Waals surface area (Å²) >= 11 is 0. The summed E-state index contributed by atoms with van der Waals surface area (Å²) in [6.45, 7) is 9.11. The third kappa shape index (κ3) is 4.37. The van der Waals surface area contributed by atoms with Gasteiger partial charge in [-0.05, 0) is 65.5 Å². The van der Waals surface area contributed by atoms with Crippen LogP contribution in [-0.4, -0.2) is 25.8 Å². The summed E-state index contributed by atoms with van der Waals surface area (Å²) < 4.78 is 22.9. The second-order valence-corrected chi connectivity index (χ2v) is 5.51. The Labute approximate surface area is 133 Å². The van der Waals surface area contributed by atoms with Crippen molar-refractivity contribution < 1.29 is 18.9 Å². The number of hydrogen-bond acceptors (Lipinski definition) is 4. The lowest BCUT2D eigenvalue weighted by Crippen LogP contribution is -2.20. The summed E-state index contributed by atoms with van der Waals surface area (Å²) in [6, 6.07) is 3.99. The lowest BCUT2D eigenvalue weighted by atomic mass is 9.90. The Bertz CT molecular complexity index is 429. The average molecular weight is 308 g/mol. The van der Waals surface area contributed by atoms with Gasteiger partial charge in [0.2, 0.25) is 0 Å². The number of benzene rings is 1. The Hall–Kier alpha value is -1.26. The predicted octanol–water partition coefficient (Wildman–Crippen LogP) is 4.09. The molecule has 4 heteroatoms. The van der Waals surface area contributed by atoms with E-state index < -0.39 is 0 Å². The van der Waals surface area contributed by atoms with Crippen LogP contribution in [0.5, 0.6) is 11.5 Å². The zero-order valence-electron chi connectivity index (χ0n) is 14.2. The van der Waals surface area contributed by atoms with Crippen LogP contribution in [0.3, 0.4) is 0 Å². The minimum atomic E-state index is -0.231. The minimum absolute atomic E-state index is 0.231. The number of fused-ring (bicyclic) bond motifs is 1. The normalized spacial score (nSPS) is 16.7. The third-order valence-corrected chi connectivity index (χ3v) is 3.84. The number of ether oxygens (including phenoxy) is 4. The van der Waals surface area contributed by atoms with E-state index in [-0.39, 0.29) is 12.6 Å². The average Bonchev–Trinajstić information content (AvgIpc) is 2.50. The molecule has 0 radical (unpaired) electrons. The van der Waals surface area contributed by atoms with Crippen molar-refractivity contribution in [2.45, 2.75) is 66.0 Å². The summed E-state index contributed by atoms with van der Waals surface area (Å²) in [5.41, 5.74) is 2.53. The van der Waals surface area contributed by atoms with Gasteiger partial charge in [-0.15, -0.1) is 0 Å². The first kappa shape index (κ1) is 17.1. The second kappa shape index (κ2) is 8.39. The van der Waals surface area contributed by atoms with Crippen LogP contribution < -0.4 is 9.47 Å². The maximum Gasteiger partial charge on any atom is 0.196 e. The molecular formula is C18H28O4. The van der Waals surface area contributed by atoms with Crippen LogP contribution in [0.1, 0.15) is 51.7 Å². The Morgan fingerprint density at radius 3 is 1.59 bits per heavy atom. The van der Waals surface area contributed by atoms with Crippen molar-refractivity contribution in [3.05, 3.63) is 23.3 Å². The van der Waals surface area contributed by atoms with Gasteiger partial charge in [-0.1, -0.05) is 0 Å². The molecular weight excluding hydrogens is 280 g/mol. The van der Waals surface area contributed by atoms with Crippen molar-refractivity contribution >= 4 is 0 Å². The van der Waals surface area contributed by atoms with Gasteiger partial charge in [0.15, 0.2) is 12.6 Å². The highest BCUT2D eigenvalue weighted by Gasteiger charge is 2.21. The molecule has 2 rings (SSSR count). The smallest absolute Gasteiger partial charge is 0.196 e. The first-order valence-electron chi connectivity index (χ1n) is 8.37. The maximum atomic E-state index is 5.95. The molecule has 0 amide bonds. The molecule has 0 saturated carbocycles. The molecule has 2 unspecified atom stereocenters. The maximum absolute atomic E-state index is 5.95. The summed E-state index contributed by atoms with van der Waals surface area (Å²) in [5, 5.41) is 0. The van der Waals surface area contributed by atoms with Gasteiger partial charge in [-0.3, -0.25) is 0 Å². The largest absolute Gasteiger partial charge is 0.465 e. The molecule has 0 aromatic heterocycles. The van der Waals surface area contributed by atoms with Crippen LogP contribution in [0, 0.1) is 0 Å². The van der Waals surface area contributed by atoms with E-state index in [2.05, 4.69) is 0 Å². The van der Waals surface area contributed by atoms with E-state index in [1.807, 2.05) is 39.8 Å². The molecule has 1 aliphatic rings. The highest BCUT2D eigenvalue weighted by atomic mass is 16.7. The lowest BCUT2D eigenvalue weighted by Gasteiger charge is -2.25. The molecule has 0 N–H and O–H groups in total. The number of rotatable bonds is 8. The molecule has 0 bridgehead atoms. The molecule has 2 atom stereocenters. The molecule has 22 heavy (non-hydrogen) atoms. The van der Waals surface area contributed by atoms with Gasteiger partial charge in [0.25, 0.3) is 0 Å². The van der Waals surface area contributed by atoms with Gasteiger partial charge in [0.1, 0.15) is 11.5 Å². The molecule has 1 aromatic rings. The van der Waals surface area contributed by atoms with Crippen LogP contribution in [0.15, 0.2) is 12.1 Å². The molecule has 1 aromatic carbocycles. The molecule has 0 spiro atoms. The summed E-state index contributed by atoms with van der Waals surface area (Å²) in [7, 11) is 0. The van der Waals surface area contributed by atoms with Crippen LogP contribution in [0.25, 0.3) is 0 Å². The van der Waals surface area contributed by atoms with E-state index >= 15 is 0 Å². The monoisotopic (exact) mass is 308 g/mol. The quantitative estimate of drug-likeness (QED) is 0.678.